The van der Waals surface area contributed by atoms with Gasteiger partial charge < -0.3 is 14.3 Å². The molecular formula is C12H14O4. The van der Waals surface area contributed by atoms with E-state index in [4.69, 9.17) is 9.15 Å². The summed E-state index contributed by atoms with van der Waals surface area (Å²) in [4.78, 5) is 11.2. The van der Waals surface area contributed by atoms with Gasteiger partial charge in [0.1, 0.15) is 17.6 Å². The first-order chi connectivity index (χ1) is 7.56. The fraction of sp³-hybridized carbons (Fsp3) is 0.417. The molecule has 1 aliphatic heterocycles. The van der Waals surface area contributed by atoms with Crippen LogP contribution in [0.25, 0.3) is 5.57 Å². The third kappa shape index (κ3) is 2.17. The Kier molecular flexibility index (Phi) is 2.83. The van der Waals surface area contributed by atoms with Gasteiger partial charge in [-0.15, -0.1) is 0 Å². The molecule has 2 heterocycles. The van der Waals surface area contributed by atoms with Crippen molar-refractivity contribution in [1.82, 2.24) is 0 Å². The summed E-state index contributed by atoms with van der Waals surface area (Å²) in [5, 5.41) is 9.48. The first kappa shape index (κ1) is 11.0. The summed E-state index contributed by atoms with van der Waals surface area (Å²) in [6.45, 7) is 5.68. The van der Waals surface area contributed by atoms with E-state index in [2.05, 4.69) is 6.58 Å². The zero-order valence-electron chi connectivity index (χ0n) is 9.10. The molecule has 0 saturated carbocycles. The Morgan fingerprint density at radius 2 is 2.31 bits per heavy atom. The molecule has 1 fully saturated rings. The molecule has 1 N–H and O–H groups in total. The van der Waals surface area contributed by atoms with Crippen molar-refractivity contribution < 1.29 is 19.1 Å². The maximum absolute atomic E-state index is 11.2. The third-order valence-corrected chi connectivity index (χ3v) is 2.61. The topological polar surface area (TPSA) is 59.7 Å². The van der Waals surface area contributed by atoms with E-state index >= 15 is 0 Å². The molecule has 0 radical (unpaired) electrons. The van der Waals surface area contributed by atoms with Gasteiger partial charge in [0, 0.05) is 12.0 Å². The Morgan fingerprint density at radius 3 is 2.88 bits per heavy atom. The molecule has 4 nitrogen and oxygen atoms in total. The van der Waals surface area contributed by atoms with Crippen LogP contribution in [0.4, 0.5) is 0 Å². The van der Waals surface area contributed by atoms with Crippen molar-refractivity contribution in [2.45, 2.75) is 32.0 Å². The van der Waals surface area contributed by atoms with Crippen LogP contribution in [-0.2, 0) is 9.53 Å². The van der Waals surface area contributed by atoms with Crippen LogP contribution in [0.2, 0.25) is 0 Å². The zero-order valence-corrected chi connectivity index (χ0v) is 9.10. The Labute approximate surface area is 93.5 Å². The van der Waals surface area contributed by atoms with Gasteiger partial charge in [0.15, 0.2) is 0 Å². The molecule has 2 rings (SSSR count). The highest BCUT2D eigenvalue weighted by Gasteiger charge is 2.30. The van der Waals surface area contributed by atoms with E-state index in [0.717, 1.165) is 5.76 Å². The van der Waals surface area contributed by atoms with Crippen molar-refractivity contribution in [1.29, 1.82) is 0 Å². The number of furan rings is 1. The van der Waals surface area contributed by atoms with E-state index < -0.39 is 18.2 Å². The molecule has 0 aliphatic carbocycles. The largest absolute Gasteiger partial charge is 0.462 e. The van der Waals surface area contributed by atoms with Crippen molar-refractivity contribution in [3.05, 3.63) is 30.2 Å². The van der Waals surface area contributed by atoms with Gasteiger partial charge in [-0.1, -0.05) is 6.58 Å². The Morgan fingerprint density at radius 1 is 1.56 bits per heavy atom. The molecule has 4 heteroatoms. The lowest BCUT2D eigenvalue weighted by Crippen LogP contribution is -2.33. The van der Waals surface area contributed by atoms with Gasteiger partial charge in [-0.05, 0) is 19.1 Å². The van der Waals surface area contributed by atoms with Crippen molar-refractivity contribution in [2.24, 2.45) is 0 Å². The quantitative estimate of drug-likeness (QED) is 0.773. The van der Waals surface area contributed by atoms with Crippen LogP contribution in [0.5, 0.6) is 0 Å². The minimum atomic E-state index is -0.654. The van der Waals surface area contributed by atoms with Gasteiger partial charge in [-0.25, -0.2) is 0 Å². The first-order valence-electron chi connectivity index (χ1n) is 5.19. The number of aliphatic hydroxyl groups excluding tert-OH is 1. The average molecular weight is 222 g/mol. The van der Waals surface area contributed by atoms with Crippen LogP contribution in [0.15, 0.2) is 23.1 Å². The van der Waals surface area contributed by atoms with Crippen LogP contribution in [-0.4, -0.2) is 23.3 Å². The minimum Gasteiger partial charge on any atom is -0.462 e. The Hall–Kier alpha value is -1.55. The standard InChI is InChI=1S/C12H14O4/c1-7-3-4-10(15-7)8(2)11-5-9(13)6-12(14)16-11/h3-4,9,11,13H,2,5-6H2,1H3. The van der Waals surface area contributed by atoms with E-state index in [1.807, 2.05) is 13.0 Å². The van der Waals surface area contributed by atoms with Crippen LogP contribution in [0.3, 0.4) is 0 Å². The van der Waals surface area contributed by atoms with E-state index in [-0.39, 0.29) is 6.42 Å². The van der Waals surface area contributed by atoms with E-state index in [1.165, 1.54) is 0 Å². The minimum absolute atomic E-state index is 0.0565. The normalized spacial score (nSPS) is 25.2. The summed E-state index contributed by atoms with van der Waals surface area (Å²) in [6.07, 6.45) is -0.702. The molecule has 0 bridgehead atoms. The second kappa shape index (κ2) is 4.14. The van der Waals surface area contributed by atoms with Gasteiger partial charge >= 0.3 is 5.97 Å². The van der Waals surface area contributed by atoms with Crippen LogP contribution >= 0.6 is 0 Å². The molecule has 1 aromatic rings. The number of cyclic esters (lactones) is 1. The molecular weight excluding hydrogens is 208 g/mol. The number of aryl methyl sites for hydroxylation is 1. The van der Waals surface area contributed by atoms with Crippen molar-refractivity contribution in [2.75, 3.05) is 0 Å². The molecule has 1 aromatic heterocycles. The highest BCUT2D eigenvalue weighted by atomic mass is 16.5. The molecule has 0 amide bonds. The highest BCUT2D eigenvalue weighted by molar-refractivity contribution is 5.74. The number of esters is 1. The zero-order chi connectivity index (χ0) is 11.7. The average Bonchev–Trinajstić information content (AvgIpc) is 2.62. The molecule has 0 aromatic carbocycles. The van der Waals surface area contributed by atoms with E-state index in [9.17, 15) is 9.90 Å². The monoisotopic (exact) mass is 222 g/mol. The van der Waals surface area contributed by atoms with Crippen LogP contribution in [0.1, 0.15) is 24.4 Å². The smallest absolute Gasteiger partial charge is 0.309 e. The van der Waals surface area contributed by atoms with E-state index in [0.29, 0.717) is 17.8 Å². The number of carbonyl (C=O) groups excluding carboxylic acids is 1. The Bertz CT molecular complexity index is 418. The predicted molar refractivity (Wildman–Crippen MR) is 57.6 cm³/mol. The van der Waals surface area contributed by atoms with Crippen LogP contribution in [0, 0.1) is 6.92 Å². The Balaban J connectivity index is 2.12. The summed E-state index contributed by atoms with van der Waals surface area (Å²) >= 11 is 0. The summed E-state index contributed by atoms with van der Waals surface area (Å²) < 4.78 is 10.5. The van der Waals surface area contributed by atoms with Gasteiger partial charge in [0.2, 0.25) is 0 Å². The maximum Gasteiger partial charge on any atom is 0.309 e. The SMILES string of the molecule is C=C(c1ccc(C)o1)C1CC(O)CC(=O)O1. The van der Waals surface area contributed by atoms with Crippen molar-refractivity contribution in [3.63, 3.8) is 0 Å². The van der Waals surface area contributed by atoms with Gasteiger partial charge in [0.25, 0.3) is 0 Å². The molecule has 2 atom stereocenters. The molecule has 2 unspecified atom stereocenters. The summed E-state index contributed by atoms with van der Waals surface area (Å²) in [7, 11) is 0. The summed E-state index contributed by atoms with van der Waals surface area (Å²) in [5.74, 6) is 0.983. The summed E-state index contributed by atoms with van der Waals surface area (Å²) in [5.41, 5.74) is 0.597. The molecule has 1 saturated heterocycles. The second-order valence-electron chi connectivity index (χ2n) is 4.01. The lowest BCUT2D eigenvalue weighted by Gasteiger charge is -2.26. The fourth-order valence-electron chi connectivity index (χ4n) is 1.76. The number of hydrogen-bond acceptors (Lipinski definition) is 4. The maximum atomic E-state index is 11.2. The number of rotatable bonds is 2. The van der Waals surface area contributed by atoms with Crippen LogP contribution < -0.4 is 0 Å². The van der Waals surface area contributed by atoms with Crippen molar-refractivity contribution in [3.8, 4) is 0 Å². The van der Waals surface area contributed by atoms with Crippen molar-refractivity contribution >= 4 is 11.5 Å². The fourth-order valence-corrected chi connectivity index (χ4v) is 1.76. The van der Waals surface area contributed by atoms with Gasteiger partial charge in [-0.3, -0.25) is 4.79 Å². The number of ether oxygens (including phenoxy) is 1. The molecule has 86 valence electrons. The molecule has 16 heavy (non-hydrogen) atoms. The van der Waals surface area contributed by atoms with Gasteiger partial charge in [-0.2, -0.15) is 0 Å². The molecule has 1 aliphatic rings. The number of carbonyl (C=O) groups is 1. The molecule has 0 spiro atoms. The summed E-state index contributed by atoms with van der Waals surface area (Å²) in [6, 6.07) is 3.61. The number of hydrogen-bond donors (Lipinski definition) is 1. The second-order valence-corrected chi connectivity index (χ2v) is 4.01. The lowest BCUT2D eigenvalue weighted by molar-refractivity contribution is -0.155. The predicted octanol–water partition coefficient (Wildman–Crippen LogP) is 1.67. The third-order valence-electron chi connectivity index (χ3n) is 2.61. The lowest BCUT2D eigenvalue weighted by atomic mass is 9.99. The van der Waals surface area contributed by atoms with Gasteiger partial charge in [0.05, 0.1) is 12.5 Å². The highest BCUT2D eigenvalue weighted by Crippen LogP contribution is 2.27. The first-order valence-corrected chi connectivity index (χ1v) is 5.19. The van der Waals surface area contributed by atoms with E-state index in [1.54, 1.807) is 6.07 Å². The number of aliphatic hydroxyl groups is 1.